The number of carbonyl (C=O) groups is 1. The number of aromatic nitrogens is 1. The SMILES string of the molecule is COC(=O)c1cnc(-c2cccc(F)c2F)c(F)c1. The predicted molar refractivity (Wildman–Crippen MR) is 60.9 cm³/mol. The number of pyridine rings is 1. The first-order valence-electron chi connectivity index (χ1n) is 5.23. The molecule has 0 fully saturated rings. The van der Waals surface area contributed by atoms with Gasteiger partial charge in [0.05, 0.1) is 12.7 Å². The lowest BCUT2D eigenvalue weighted by atomic mass is 10.1. The molecule has 0 aliphatic rings. The summed E-state index contributed by atoms with van der Waals surface area (Å²) in [6.45, 7) is 0. The molecule has 0 aliphatic heterocycles. The number of hydrogen-bond donors (Lipinski definition) is 0. The maximum Gasteiger partial charge on any atom is 0.339 e. The van der Waals surface area contributed by atoms with Gasteiger partial charge in [-0.3, -0.25) is 4.98 Å². The molecule has 6 heteroatoms. The Bertz CT molecular complexity index is 644. The van der Waals surface area contributed by atoms with Crippen molar-refractivity contribution in [1.82, 2.24) is 4.98 Å². The van der Waals surface area contributed by atoms with Gasteiger partial charge in [0, 0.05) is 11.8 Å². The van der Waals surface area contributed by atoms with Gasteiger partial charge in [0.15, 0.2) is 11.6 Å². The normalized spacial score (nSPS) is 10.3. The highest BCUT2D eigenvalue weighted by molar-refractivity contribution is 5.89. The molecule has 0 atom stereocenters. The molecule has 1 aromatic heterocycles. The third kappa shape index (κ3) is 2.42. The second kappa shape index (κ2) is 5.09. The molecule has 0 saturated carbocycles. The van der Waals surface area contributed by atoms with Gasteiger partial charge in [-0.1, -0.05) is 6.07 Å². The van der Waals surface area contributed by atoms with E-state index in [1.165, 1.54) is 12.1 Å². The zero-order valence-electron chi connectivity index (χ0n) is 9.78. The molecule has 0 aliphatic carbocycles. The van der Waals surface area contributed by atoms with Gasteiger partial charge in [-0.05, 0) is 18.2 Å². The summed E-state index contributed by atoms with van der Waals surface area (Å²) in [4.78, 5) is 14.8. The van der Waals surface area contributed by atoms with Crippen LogP contribution in [0.5, 0.6) is 0 Å². The lowest BCUT2D eigenvalue weighted by Gasteiger charge is -2.06. The molecular formula is C13H8F3NO2. The van der Waals surface area contributed by atoms with Crippen LogP contribution in [0.1, 0.15) is 10.4 Å². The van der Waals surface area contributed by atoms with Crippen molar-refractivity contribution in [3.63, 3.8) is 0 Å². The van der Waals surface area contributed by atoms with Crippen LogP contribution in [0, 0.1) is 17.5 Å². The summed E-state index contributed by atoms with van der Waals surface area (Å²) in [5, 5.41) is 0. The Hall–Kier alpha value is -2.37. The van der Waals surface area contributed by atoms with Gasteiger partial charge >= 0.3 is 5.97 Å². The third-order valence-electron chi connectivity index (χ3n) is 2.47. The van der Waals surface area contributed by atoms with Gasteiger partial charge in [0.2, 0.25) is 0 Å². The van der Waals surface area contributed by atoms with E-state index in [1.54, 1.807) is 0 Å². The zero-order valence-corrected chi connectivity index (χ0v) is 9.78. The molecule has 0 saturated heterocycles. The van der Waals surface area contributed by atoms with Crippen LogP contribution >= 0.6 is 0 Å². The van der Waals surface area contributed by atoms with Crippen molar-refractivity contribution in [3.8, 4) is 11.3 Å². The molecular weight excluding hydrogens is 259 g/mol. The molecule has 0 unspecified atom stereocenters. The summed E-state index contributed by atoms with van der Waals surface area (Å²) < 4.78 is 44.8. The number of ether oxygens (including phenoxy) is 1. The Morgan fingerprint density at radius 1 is 1.21 bits per heavy atom. The lowest BCUT2D eigenvalue weighted by molar-refractivity contribution is 0.0599. The van der Waals surface area contributed by atoms with E-state index < -0.39 is 23.4 Å². The standard InChI is InChI=1S/C13H8F3NO2/c1-19-13(18)7-5-10(15)12(17-6-7)8-3-2-4-9(14)11(8)16/h2-6H,1H3. The Balaban J connectivity index is 2.52. The molecule has 19 heavy (non-hydrogen) atoms. The zero-order chi connectivity index (χ0) is 14.0. The Morgan fingerprint density at radius 2 is 1.95 bits per heavy atom. The number of esters is 1. The van der Waals surface area contributed by atoms with Crippen LogP contribution in [0.3, 0.4) is 0 Å². The van der Waals surface area contributed by atoms with E-state index in [-0.39, 0.29) is 16.8 Å². The van der Waals surface area contributed by atoms with Crippen molar-refractivity contribution < 1.29 is 22.7 Å². The van der Waals surface area contributed by atoms with E-state index in [0.29, 0.717) is 0 Å². The van der Waals surface area contributed by atoms with Gasteiger partial charge < -0.3 is 4.74 Å². The van der Waals surface area contributed by atoms with Crippen LogP contribution < -0.4 is 0 Å². The van der Waals surface area contributed by atoms with Crippen LogP contribution in [0.25, 0.3) is 11.3 Å². The van der Waals surface area contributed by atoms with E-state index in [9.17, 15) is 18.0 Å². The summed E-state index contributed by atoms with van der Waals surface area (Å²) in [5.41, 5.74) is -0.792. The van der Waals surface area contributed by atoms with Crippen LogP contribution in [0.15, 0.2) is 30.5 Å². The number of hydrogen-bond acceptors (Lipinski definition) is 3. The van der Waals surface area contributed by atoms with Crippen LogP contribution in [0.4, 0.5) is 13.2 Å². The molecule has 0 radical (unpaired) electrons. The predicted octanol–water partition coefficient (Wildman–Crippen LogP) is 2.95. The number of methoxy groups -OCH3 is 1. The van der Waals surface area contributed by atoms with Crippen LogP contribution in [-0.2, 0) is 4.74 Å². The summed E-state index contributed by atoms with van der Waals surface area (Å²) >= 11 is 0. The Morgan fingerprint density at radius 3 is 2.58 bits per heavy atom. The maximum atomic E-state index is 13.8. The molecule has 1 aromatic carbocycles. The quantitative estimate of drug-likeness (QED) is 0.785. The molecule has 0 amide bonds. The van der Waals surface area contributed by atoms with E-state index in [4.69, 9.17) is 0 Å². The fraction of sp³-hybridized carbons (Fsp3) is 0.0769. The Kier molecular flexibility index (Phi) is 3.50. The van der Waals surface area contributed by atoms with Crippen LogP contribution in [0.2, 0.25) is 0 Å². The minimum absolute atomic E-state index is 0.111. The number of nitrogens with zero attached hydrogens (tertiary/aromatic N) is 1. The monoisotopic (exact) mass is 267 g/mol. The van der Waals surface area contributed by atoms with E-state index in [2.05, 4.69) is 9.72 Å². The van der Waals surface area contributed by atoms with Crippen LogP contribution in [-0.4, -0.2) is 18.1 Å². The van der Waals surface area contributed by atoms with Gasteiger partial charge in [0.1, 0.15) is 11.5 Å². The van der Waals surface area contributed by atoms with E-state index >= 15 is 0 Å². The molecule has 1 heterocycles. The highest BCUT2D eigenvalue weighted by Crippen LogP contribution is 2.25. The van der Waals surface area contributed by atoms with Crippen molar-refractivity contribution in [3.05, 3.63) is 53.5 Å². The highest BCUT2D eigenvalue weighted by Gasteiger charge is 2.17. The molecule has 0 bridgehead atoms. The first-order chi connectivity index (χ1) is 9.04. The molecule has 2 aromatic rings. The average molecular weight is 267 g/mol. The van der Waals surface area contributed by atoms with Crippen molar-refractivity contribution in [1.29, 1.82) is 0 Å². The summed E-state index contributed by atoms with van der Waals surface area (Å²) in [5.74, 6) is -4.00. The van der Waals surface area contributed by atoms with Gasteiger partial charge in [-0.25, -0.2) is 18.0 Å². The first-order valence-corrected chi connectivity index (χ1v) is 5.23. The molecule has 3 nitrogen and oxygen atoms in total. The number of carbonyl (C=O) groups excluding carboxylic acids is 1. The minimum atomic E-state index is -1.19. The van der Waals surface area contributed by atoms with E-state index in [0.717, 1.165) is 25.4 Å². The second-order valence-corrected chi connectivity index (χ2v) is 3.65. The topological polar surface area (TPSA) is 39.2 Å². The largest absolute Gasteiger partial charge is 0.465 e. The van der Waals surface area contributed by atoms with Gasteiger partial charge in [-0.2, -0.15) is 0 Å². The van der Waals surface area contributed by atoms with E-state index in [1.807, 2.05) is 0 Å². The van der Waals surface area contributed by atoms with Gasteiger partial charge in [-0.15, -0.1) is 0 Å². The summed E-state index contributed by atoms with van der Waals surface area (Å²) in [7, 11) is 1.14. The summed E-state index contributed by atoms with van der Waals surface area (Å²) in [6.07, 6.45) is 1.04. The smallest absolute Gasteiger partial charge is 0.339 e. The molecule has 0 spiro atoms. The number of halogens is 3. The second-order valence-electron chi connectivity index (χ2n) is 3.65. The third-order valence-corrected chi connectivity index (χ3v) is 2.47. The lowest BCUT2D eigenvalue weighted by Crippen LogP contribution is -2.04. The number of benzene rings is 1. The highest BCUT2D eigenvalue weighted by atomic mass is 19.2. The fourth-order valence-electron chi connectivity index (χ4n) is 1.55. The molecule has 98 valence electrons. The fourth-order valence-corrected chi connectivity index (χ4v) is 1.55. The number of rotatable bonds is 2. The average Bonchev–Trinajstić information content (AvgIpc) is 2.41. The van der Waals surface area contributed by atoms with Crippen molar-refractivity contribution in [2.75, 3.05) is 7.11 Å². The van der Waals surface area contributed by atoms with Crippen molar-refractivity contribution >= 4 is 5.97 Å². The van der Waals surface area contributed by atoms with Crippen molar-refractivity contribution in [2.24, 2.45) is 0 Å². The molecule has 0 N–H and O–H groups in total. The minimum Gasteiger partial charge on any atom is -0.465 e. The maximum absolute atomic E-state index is 13.8. The van der Waals surface area contributed by atoms with Gasteiger partial charge in [0.25, 0.3) is 0 Å². The Labute approximate surface area is 106 Å². The van der Waals surface area contributed by atoms with Crippen molar-refractivity contribution in [2.45, 2.75) is 0 Å². The summed E-state index contributed by atoms with van der Waals surface area (Å²) in [6, 6.07) is 4.21. The first kappa shape index (κ1) is 13.1. The molecule has 2 rings (SSSR count).